The lowest BCUT2D eigenvalue weighted by Crippen LogP contribution is -2.37. The van der Waals surface area contributed by atoms with E-state index in [9.17, 15) is 9.00 Å². The molecule has 1 unspecified atom stereocenters. The second-order valence-electron chi connectivity index (χ2n) is 14.1. The SMILES string of the molecule is CCSc1ccc(CNC(=O)c2c(Cl)c(-c3ccc(S(=O)NC(C)(C)C)c(C(C)(C)C)c3)n(CC3CCCCC3)c2C)cc1. The van der Waals surface area contributed by atoms with E-state index in [0.29, 0.717) is 23.0 Å². The molecule has 1 atom stereocenters. The van der Waals surface area contributed by atoms with Crippen molar-refractivity contribution in [3.63, 3.8) is 0 Å². The van der Waals surface area contributed by atoms with E-state index < -0.39 is 11.0 Å². The molecule has 2 N–H and O–H groups in total. The lowest BCUT2D eigenvalue weighted by Gasteiger charge is -2.27. The Hall–Kier alpha value is -2.06. The fourth-order valence-corrected chi connectivity index (χ4v) is 8.52. The van der Waals surface area contributed by atoms with Crippen LogP contribution in [-0.4, -0.2) is 26.0 Å². The molecule has 1 amide bonds. The van der Waals surface area contributed by atoms with Crippen molar-refractivity contribution in [2.75, 3.05) is 5.75 Å². The molecule has 3 aromatic rings. The number of nitrogens with one attached hydrogen (secondary N) is 2. The fourth-order valence-electron chi connectivity index (χ4n) is 6.00. The van der Waals surface area contributed by atoms with E-state index in [-0.39, 0.29) is 16.9 Å². The zero-order valence-electron chi connectivity index (χ0n) is 27.7. The average molecular weight is 656 g/mol. The molecule has 5 nitrogen and oxygen atoms in total. The van der Waals surface area contributed by atoms with Crippen LogP contribution in [0.1, 0.15) is 108 Å². The summed E-state index contributed by atoms with van der Waals surface area (Å²) in [6, 6.07) is 14.5. The first-order chi connectivity index (χ1) is 20.7. The number of nitrogens with zero attached hydrogens (tertiary/aromatic N) is 1. The third kappa shape index (κ3) is 8.60. The first-order valence-electron chi connectivity index (χ1n) is 15.9. The molecule has 0 spiro atoms. The van der Waals surface area contributed by atoms with Crippen molar-refractivity contribution in [1.82, 2.24) is 14.6 Å². The number of hydrogen-bond acceptors (Lipinski definition) is 3. The van der Waals surface area contributed by atoms with Crippen LogP contribution in [0.15, 0.2) is 52.3 Å². The number of thioether (sulfide) groups is 1. The van der Waals surface area contributed by atoms with E-state index in [0.717, 1.165) is 45.3 Å². The summed E-state index contributed by atoms with van der Waals surface area (Å²) in [4.78, 5) is 15.8. The summed E-state index contributed by atoms with van der Waals surface area (Å²) >= 11 is 9.02. The van der Waals surface area contributed by atoms with Crippen molar-refractivity contribution in [2.45, 2.75) is 121 Å². The molecular formula is C36H50ClN3O2S2. The maximum atomic E-state index is 13.8. The molecule has 1 aliphatic rings. The Morgan fingerprint density at radius 2 is 1.68 bits per heavy atom. The van der Waals surface area contributed by atoms with E-state index in [1.54, 1.807) is 11.8 Å². The van der Waals surface area contributed by atoms with Gasteiger partial charge in [0.1, 0.15) is 11.0 Å². The van der Waals surface area contributed by atoms with Crippen LogP contribution >= 0.6 is 23.4 Å². The van der Waals surface area contributed by atoms with Gasteiger partial charge < -0.3 is 9.88 Å². The minimum atomic E-state index is -1.38. The molecule has 44 heavy (non-hydrogen) atoms. The molecule has 0 aliphatic heterocycles. The largest absolute Gasteiger partial charge is 0.348 e. The van der Waals surface area contributed by atoms with Gasteiger partial charge in [0.15, 0.2) is 0 Å². The normalized spacial score (nSPS) is 15.4. The summed E-state index contributed by atoms with van der Waals surface area (Å²) in [7, 11) is -1.38. The van der Waals surface area contributed by atoms with Gasteiger partial charge in [-0.05, 0) is 93.0 Å². The van der Waals surface area contributed by atoms with E-state index in [4.69, 9.17) is 11.6 Å². The highest BCUT2D eigenvalue weighted by Crippen LogP contribution is 2.40. The fraction of sp³-hybridized carbons (Fsp3) is 0.528. The Morgan fingerprint density at radius 1 is 1.02 bits per heavy atom. The van der Waals surface area contributed by atoms with Gasteiger partial charge in [-0.3, -0.25) is 4.79 Å². The first-order valence-corrected chi connectivity index (χ1v) is 18.4. The summed E-state index contributed by atoms with van der Waals surface area (Å²) in [5.41, 5.74) is 4.74. The third-order valence-electron chi connectivity index (χ3n) is 8.20. The molecule has 1 aliphatic carbocycles. The molecule has 1 heterocycles. The molecular weight excluding hydrogens is 606 g/mol. The minimum Gasteiger partial charge on any atom is -0.348 e. The van der Waals surface area contributed by atoms with Crippen molar-refractivity contribution in [3.8, 4) is 11.3 Å². The van der Waals surface area contributed by atoms with E-state index in [2.05, 4.69) is 72.6 Å². The Bertz CT molecular complexity index is 1480. The Kier molecular flexibility index (Phi) is 11.5. The zero-order chi connectivity index (χ0) is 32.2. The summed E-state index contributed by atoms with van der Waals surface area (Å²) in [6.45, 7) is 17.9. The topological polar surface area (TPSA) is 63.1 Å². The molecule has 1 aromatic heterocycles. The quantitative estimate of drug-likeness (QED) is 0.214. The average Bonchev–Trinajstić information content (AvgIpc) is 3.20. The molecule has 4 rings (SSSR count). The molecule has 8 heteroatoms. The van der Waals surface area contributed by atoms with E-state index >= 15 is 0 Å². The number of carbonyl (C=O) groups is 1. The molecule has 240 valence electrons. The van der Waals surface area contributed by atoms with Crippen molar-refractivity contribution < 1.29 is 9.00 Å². The molecule has 1 saturated carbocycles. The predicted molar refractivity (Wildman–Crippen MR) is 188 cm³/mol. The van der Waals surface area contributed by atoms with Gasteiger partial charge in [0, 0.05) is 34.8 Å². The second kappa shape index (κ2) is 14.6. The smallest absolute Gasteiger partial charge is 0.254 e. The number of hydrogen-bond donors (Lipinski definition) is 2. The van der Waals surface area contributed by atoms with E-state index in [1.165, 1.54) is 37.0 Å². The van der Waals surface area contributed by atoms with Crippen LogP contribution in [0.2, 0.25) is 5.02 Å². The van der Waals surface area contributed by atoms with Crippen molar-refractivity contribution in [3.05, 3.63) is 69.9 Å². The maximum absolute atomic E-state index is 13.8. The second-order valence-corrected chi connectivity index (χ2v) is 17.0. The summed E-state index contributed by atoms with van der Waals surface area (Å²) in [6.07, 6.45) is 6.15. The third-order valence-corrected chi connectivity index (χ3v) is 11.0. The highest BCUT2D eigenvalue weighted by atomic mass is 35.5. The molecule has 2 aromatic carbocycles. The standard InChI is InChI=1S/C36H50ClN3O2S2/c1-9-43-28-18-15-25(16-19-28)22-38-34(41)31-24(2)40(23-26-13-11-10-12-14-26)33(32(31)37)27-17-20-30(29(21-27)35(3,4)5)44(42)39-36(6,7)8/h15-21,26,39H,9-14,22-23H2,1-8H3,(H,38,41). The summed E-state index contributed by atoms with van der Waals surface area (Å²) < 4.78 is 19.0. The number of amides is 1. The number of halogens is 1. The monoisotopic (exact) mass is 655 g/mol. The van der Waals surface area contributed by atoms with Crippen LogP contribution in [0, 0.1) is 12.8 Å². The number of aromatic nitrogens is 1. The minimum absolute atomic E-state index is 0.161. The van der Waals surface area contributed by atoms with E-state index in [1.807, 2.05) is 39.8 Å². The molecule has 0 saturated heterocycles. The molecule has 0 bridgehead atoms. The Labute approximate surface area is 276 Å². The number of carbonyl (C=O) groups excluding carboxylic acids is 1. The lowest BCUT2D eigenvalue weighted by molar-refractivity contribution is 0.0950. The summed E-state index contributed by atoms with van der Waals surface area (Å²) in [5, 5.41) is 3.61. The van der Waals surface area contributed by atoms with Gasteiger partial charge >= 0.3 is 0 Å². The number of rotatable bonds is 10. The van der Waals surface area contributed by atoms with Crippen LogP contribution in [0.25, 0.3) is 11.3 Å². The lowest BCUT2D eigenvalue weighted by atomic mass is 9.85. The maximum Gasteiger partial charge on any atom is 0.254 e. The van der Waals surface area contributed by atoms with Gasteiger partial charge in [0.05, 0.1) is 21.2 Å². The Morgan fingerprint density at radius 3 is 2.27 bits per heavy atom. The van der Waals surface area contributed by atoms with Crippen LogP contribution in [0.3, 0.4) is 0 Å². The zero-order valence-corrected chi connectivity index (χ0v) is 30.1. The van der Waals surface area contributed by atoms with Gasteiger partial charge in [0.25, 0.3) is 5.91 Å². The summed E-state index contributed by atoms with van der Waals surface area (Å²) in [5.74, 6) is 1.41. The van der Waals surface area contributed by atoms with Gasteiger partial charge in [-0.15, -0.1) is 11.8 Å². The highest BCUT2D eigenvalue weighted by molar-refractivity contribution is 7.99. The van der Waals surface area contributed by atoms with Crippen molar-refractivity contribution in [1.29, 1.82) is 0 Å². The highest BCUT2D eigenvalue weighted by Gasteiger charge is 2.29. The molecule has 0 radical (unpaired) electrons. The van der Waals surface area contributed by atoms with Crippen molar-refractivity contribution >= 4 is 40.3 Å². The number of benzene rings is 2. The van der Waals surface area contributed by atoms with Crippen LogP contribution in [0.5, 0.6) is 0 Å². The van der Waals surface area contributed by atoms with Crippen molar-refractivity contribution in [2.24, 2.45) is 5.92 Å². The van der Waals surface area contributed by atoms with Gasteiger partial charge in [-0.25, -0.2) is 8.93 Å². The Balaban J connectivity index is 1.75. The first kappa shape index (κ1) is 34.8. The molecule has 1 fully saturated rings. The van der Waals surface area contributed by atoms with Crippen LogP contribution in [-0.2, 0) is 29.5 Å². The van der Waals surface area contributed by atoms with Crippen LogP contribution in [0.4, 0.5) is 0 Å². The van der Waals surface area contributed by atoms with Gasteiger partial charge in [-0.1, -0.05) is 76.8 Å². The van der Waals surface area contributed by atoms with Gasteiger partial charge in [-0.2, -0.15) is 0 Å². The van der Waals surface area contributed by atoms with Gasteiger partial charge in [0.2, 0.25) is 0 Å². The predicted octanol–water partition coefficient (Wildman–Crippen LogP) is 9.45. The van der Waals surface area contributed by atoms with Crippen LogP contribution < -0.4 is 10.0 Å².